The molecular weight excluding hydrogens is 227 g/mol. The van der Waals surface area contributed by atoms with Gasteiger partial charge in [-0.05, 0) is 51.2 Å². The van der Waals surface area contributed by atoms with Crippen LogP contribution in [0.5, 0.6) is 0 Å². The van der Waals surface area contributed by atoms with Crippen molar-refractivity contribution in [3.8, 4) is 0 Å². The summed E-state index contributed by atoms with van der Waals surface area (Å²) >= 11 is 0. The number of aryl methyl sites for hydroxylation is 1. The fraction of sp³-hybridized carbons (Fsp3) is 0.571. The van der Waals surface area contributed by atoms with Crippen molar-refractivity contribution >= 4 is 12.6 Å². The van der Waals surface area contributed by atoms with Crippen LogP contribution in [0, 0.1) is 6.92 Å². The molecule has 1 aliphatic rings. The first-order valence-corrected chi connectivity index (χ1v) is 6.33. The summed E-state index contributed by atoms with van der Waals surface area (Å²) in [6.45, 7) is 10.2. The van der Waals surface area contributed by atoms with Gasteiger partial charge in [0, 0.05) is 0 Å². The number of aliphatic hydroxyl groups is 1. The molecule has 4 heteroatoms. The highest BCUT2D eigenvalue weighted by atomic mass is 16.7. The van der Waals surface area contributed by atoms with Gasteiger partial charge in [-0.15, -0.1) is 0 Å². The lowest BCUT2D eigenvalue weighted by molar-refractivity contribution is 0.00578. The Labute approximate surface area is 109 Å². The maximum absolute atomic E-state index is 9.18. The summed E-state index contributed by atoms with van der Waals surface area (Å²) in [5.74, 6) is 0. The summed E-state index contributed by atoms with van der Waals surface area (Å²) in [6, 6.07) is 5.91. The Balaban J connectivity index is 2.27. The van der Waals surface area contributed by atoms with Crippen LogP contribution in [0.1, 0.15) is 38.8 Å². The van der Waals surface area contributed by atoms with E-state index in [-0.39, 0.29) is 24.9 Å². The molecular formula is C14H21BO3. The van der Waals surface area contributed by atoms with Crippen LogP contribution in [-0.2, 0) is 15.9 Å². The molecule has 0 spiro atoms. The Morgan fingerprint density at radius 1 is 1.11 bits per heavy atom. The zero-order chi connectivity index (χ0) is 13.6. The van der Waals surface area contributed by atoms with Gasteiger partial charge in [0.2, 0.25) is 0 Å². The van der Waals surface area contributed by atoms with Crippen LogP contribution in [-0.4, -0.2) is 23.4 Å². The van der Waals surface area contributed by atoms with E-state index in [1.54, 1.807) is 0 Å². The summed E-state index contributed by atoms with van der Waals surface area (Å²) in [5, 5.41) is 9.18. The van der Waals surface area contributed by atoms with E-state index in [9.17, 15) is 5.11 Å². The highest BCUT2D eigenvalue weighted by Crippen LogP contribution is 2.36. The molecule has 0 aliphatic carbocycles. The van der Waals surface area contributed by atoms with Gasteiger partial charge < -0.3 is 14.4 Å². The highest BCUT2D eigenvalue weighted by molar-refractivity contribution is 6.62. The number of hydrogen-bond acceptors (Lipinski definition) is 3. The van der Waals surface area contributed by atoms with E-state index in [1.807, 2.05) is 52.8 Å². The highest BCUT2D eigenvalue weighted by Gasteiger charge is 2.51. The molecule has 0 unspecified atom stereocenters. The molecule has 1 aliphatic heterocycles. The van der Waals surface area contributed by atoms with Gasteiger partial charge in [0.1, 0.15) is 0 Å². The quantitative estimate of drug-likeness (QED) is 0.811. The second kappa shape index (κ2) is 4.37. The predicted molar refractivity (Wildman–Crippen MR) is 72.8 cm³/mol. The van der Waals surface area contributed by atoms with Crippen LogP contribution < -0.4 is 5.46 Å². The van der Waals surface area contributed by atoms with Crippen molar-refractivity contribution in [2.75, 3.05) is 0 Å². The molecule has 1 heterocycles. The standard InChI is InChI=1S/C14H21BO3/c1-10-8-12(7-6-11(10)9-16)15-17-13(2,3)14(4,5)18-15/h6-8,16H,9H2,1-5H3. The molecule has 0 aromatic heterocycles. The van der Waals surface area contributed by atoms with E-state index in [2.05, 4.69) is 0 Å². The molecule has 2 rings (SSSR count). The third-order valence-electron chi connectivity index (χ3n) is 4.06. The van der Waals surface area contributed by atoms with Crippen LogP contribution in [0.4, 0.5) is 0 Å². The van der Waals surface area contributed by atoms with E-state index >= 15 is 0 Å². The molecule has 3 nitrogen and oxygen atoms in total. The minimum Gasteiger partial charge on any atom is -0.399 e. The van der Waals surface area contributed by atoms with E-state index in [0.29, 0.717) is 0 Å². The second-order valence-electron chi connectivity index (χ2n) is 5.93. The van der Waals surface area contributed by atoms with Gasteiger partial charge in [0.25, 0.3) is 0 Å². The Bertz CT molecular complexity index is 438. The third kappa shape index (κ3) is 2.20. The predicted octanol–water partition coefficient (Wildman–Crippen LogP) is 1.79. The molecule has 0 saturated carbocycles. The number of rotatable bonds is 2. The molecule has 98 valence electrons. The van der Waals surface area contributed by atoms with Crippen molar-refractivity contribution in [3.05, 3.63) is 29.3 Å². The van der Waals surface area contributed by atoms with Crippen LogP contribution >= 0.6 is 0 Å². The number of benzene rings is 1. The minimum absolute atomic E-state index is 0.0650. The first-order chi connectivity index (χ1) is 8.27. The van der Waals surface area contributed by atoms with Gasteiger partial charge in [-0.1, -0.05) is 18.2 Å². The summed E-state index contributed by atoms with van der Waals surface area (Å²) in [6.07, 6.45) is 0. The molecule has 0 amide bonds. The van der Waals surface area contributed by atoms with Gasteiger partial charge in [-0.3, -0.25) is 0 Å². The summed E-state index contributed by atoms with van der Waals surface area (Å²) in [7, 11) is -0.332. The maximum Gasteiger partial charge on any atom is 0.494 e. The van der Waals surface area contributed by atoms with Gasteiger partial charge in [-0.2, -0.15) is 0 Å². The van der Waals surface area contributed by atoms with Crippen molar-refractivity contribution in [1.82, 2.24) is 0 Å². The fourth-order valence-corrected chi connectivity index (χ4v) is 2.02. The topological polar surface area (TPSA) is 38.7 Å². The SMILES string of the molecule is Cc1cc(B2OC(C)(C)C(C)(C)O2)ccc1CO. The largest absolute Gasteiger partial charge is 0.494 e. The lowest BCUT2D eigenvalue weighted by Gasteiger charge is -2.32. The average molecular weight is 248 g/mol. The van der Waals surface area contributed by atoms with E-state index in [4.69, 9.17) is 9.31 Å². The summed E-state index contributed by atoms with van der Waals surface area (Å²) in [4.78, 5) is 0. The summed E-state index contributed by atoms with van der Waals surface area (Å²) in [5.41, 5.74) is 2.37. The average Bonchev–Trinajstić information content (AvgIpc) is 2.48. The normalized spacial score (nSPS) is 21.3. The van der Waals surface area contributed by atoms with Crippen molar-refractivity contribution < 1.29 is 14.4 Å². The Kier molecular flexibility index (Phi) is 3.30. The molecule has 0 bridgehead atoms. The number of aliphatic hydroxyl groups excluding tert-OH is 1. The van der Waals surface area contributed by atoms with Crippen molar-refractivity contribution in [1.29, 1.82) is 0 Å². The van der Waals surface area contributed by atoms with E-state index in [1.165, 1.54) is 0 Å². The lowest BCUT2D eigenvalue weighted by atomic mass is 9.78. The molecule has 1 N–H and O–H groups in total. The molecule has 1 fully saturated rings. The van der Waals surface area contributed by atoms with Crippen molar-refractivity contribution in [3.63, 3.8) is 0 Å². The van der Waals surface area contributed by atoms with Crippen molar-refractivity contribution in [2.24, 2.45) is 0 Å². The fourth-order valence-electron chi connectivity index (χ4n) is 2.02. The molecule has 1 aromatic carbocycles. The maximum atomic E-state index is 9.18. The molecule has 1 saturated heterocycles. The van der Waals surface area contributed by atoms with Gasteiger partial charge in [0.05, 0.1) is 17.8 Å². The lowest BCUT2D eigenvalue weighted by Crippen LogP contribution is -2.41. The van der Waals surface area contributed by atoms with Crippen LogP contribution in [0.3, 0.4) is 0 Å². The zero-order valence-corrected chi connectivity index (χ0v) is 11.8. The van der Waals surface area contributed by atoms with Crippen LogP contribution in [0.2, 0.25) is 0 Å². The molecule has 1 aromatic rings. The van der Waals surface area contributed by atoms with Crippen LogP contribution in [0.25, 0.3) is 0 Å². The Morgan fingerprint density at radius 3 is 2.11 bits per heavy atom. The first-order valence-electron chi connectivity index (χ1n) is 6.33. The van der Waals surface area contributed by atoms with Gasteiger partial charge >= 0.3 is 7.12 Å². The third-order valence-corrected chi connectivity index (χ3v) is 4.06. The zero-order valence-electron chi connectivity index (χ0n) is 11.8. The molecule has 0 radical (unpaired) electrons. The van der Waals surface area contributed by atoms with Crippen LogP contribution in [0.15, 0.2) is 18.2 Å². The molecule has 0 atom stereocenters. The van der Waals surface area contributed by atoms with E-state index < -0.39 is 0 Å². The summed E-state index contributed by atoms with van der Waals surface area (Å²) < 4.78 is 12.0. The number of hydrogen-bond donors (Lipinski definition) is 1. The monoisotopic (exact) mass is 248 g/mol. The first kappa shape index (κ1) is 13.6. The Hall–Kier alpha value is -0.835. The van der Waals surface area contributed by atoms with Crippen molar-refractivity contribution in [2.45, 2.75) is 52.4 Å². The molecule has 18 heavy (non-hydrogen) atoms. The smallest absolute Gasteiger partial charge is 0.399 e. The Morgan fingerprint density at radius 2 is 1.67 bits per heavy atom. The van der Waals surface area contributed by atoms with Gasteiger partial charge in [0.15, 0.2) is 0 Å². The van der Waals surface area contributed by atoms with E-state index in [0.717, 1.165) is 16.6 Å². The van der Waals surface area contributed by atoms with Gasteiger partial charge in [-0.25, -0.2) is 0 Å². The minimum atomic E-state index is -0.332. The second-order valence-corrected chi connectivity index (χ2v) is 5.93.